The fourth-order valence-electron chi connectivity index (χ4n) is 5.84. The first-order chi connectivity index (χ1) is 24.2. The molecule has 0 aliphatic heterocycles. The molecule has 0 radical (unpaired) electrons. The molecule has 0 spiro atoms. The zero-order valence-electron chi connectivity index (χ0n) is 28.7. The van der Waals surface area contributed by atoms with Crippen LogP contribution in [0.2, 0.25) is 10.0 Å². The van der Waals surface area contributed by atoms with E-state index in [0.29, 0.717) is 54.3 Å². The number of carbonyl (C=O) groups is 1. The molecule has 4 aromatic rings. The predicted octanol–water partition coefficient (Wildman–Crippen LogP) is 6.75. The van der Waals surface area contributed by atoms with Crippen molar-refractivity contribution < 1.29 is 33.7 Å². The van der Waals surface area contributed by atoms with Crippen molar-refractivity contribution in [3.8, 4) is 17.2 Å². The van der Waals surface area contributed by atoms with E-state index in [-0.39, 0.29) is 31.0 Å². The largest absolute Gasteiger partial charge is 0.490 e. The molecule has 9 nitrogen and oxygen atoms in total. The van der Waals surface area contributed by atoms with E-state index in [4.69, 9.17) is 47.9 Å². The number of ether oxygens (including phenoxy) is 4. The Morgan fingerprint density at radius 3 is 2.32 bits per heavy atom. The lowest BCUT2D eigenvalue weighted by atomic mass is 9.97. The molecule has 1 heterocycles. The molecular weight excluding hydrogens is 677 g/mol. The van der Waals surface area contributed by atoms with Crippen LogP contribution in [-0.2, 0) is 35.5 Å². The summed E-state index contributed by atoms with van der Waals surface area (Å²) in [5.41, 5.74) is 11.2. The molecule has 0 saturated heterocycles. The van der Waals surface area contributed by atoms with Crippen LogP contribution >= 0.6 is 23.2 Å². The number of rotatable bonds is 19. The van der Waals surface area contributed by atoms with Gasteiger partial charge in [0.05, 0.1) is 21.5 Å². The van der Waals surface area contributed by atoms with Gasteiger partial charge in [0.25, 0.3) is 0 Å². The molecule has 50 heavy (non-hydrogen) atoms. The number of benzene rings is 3. The summed E-state index contributed by atoms with van der Waals surface area (Å²) in [6.45, 7) is 4.20. The highest BCUT2D eigenvalue weighted by Crippen LogP contribution is 2.34. The Bertz CT molecular complexity index is 1690. The zero-order chi connectivity index (χ0) is 35.5. The van der Waals surface area contributed by atoms with E-state index >= 15 is 0 Å². The molecule has 1 atom stereocenters. The SMILES string of the molecule is COCCCc1cc(CN(C(=O)C(CN)Cc2ccc(OCCOc3c(Cl)cc(C)cc3Cl)cc2)C2CC2)cc(OCc2ccc[n+](O)c2)c1. The summed E-state index contributed by atoms with van der Waals surface area (Å²) in [5, 5.41) is 10.7. The lowest BCUT2D eigenvalue weighted by Gasteiger charge is -2.27. The van der Waals surface area contributed by atoms with Crippen LogP contribution in [0.1, 0.15) is 47.1 Å². The van der Waals surface area contributed by atoms with Crippen LogP contribution in [0.3, 0.4) is 0 Å². The van der Waals surface area contributed by atoms with Gasteiger partial charge in [-0.15, -0.1) is 0 Å². The number of hydrogen-bond donors (Lipinski definition) is 2. The van der Waals surface area contributed by atoms with Crippen molar-refractivity contribution in [1.82, 2.24) is 4.90 Å². The van der Waals surface area contributed by atoms with Gasteiger partial charge in [-0.2, -0.15) is 0 Å². The topological polar surface area (TPSA) is 107 Å². The number of carbonyl (C=O) groups excluding carboxylic acids is 1. The third kappa shape index (κ3) is 11.0. The molecule has 266 valence electrons. The first-order valence-electron chi connectivity index (χ1n) is 17.0. The lowest BCUT2D eigenvalue weighted by molar-refractivity contribution is -0.905. The van der Waals surface area contributed by atoms with Crippen molar-refractivity contribution in [1.29, 1.82) is 0 Å². The van der Waals surface area contributed by atoms with Crippen LogP contribution in [0.5, 0.6) is 17.2 Å². The number of aryl methyl sites for hydroxylation is 2. The highest BCUT2D eigenvalue weighted by Gasteiger charge is 2.35. The maximum absolute atomic E-state index is 14.0. The molecule has 3 aromatic carbocycles. The summed E-state index contributed by atoms with van der Waals surface area (Å²) in [6, 6.07) is 21.4. The van der Waals surface area contributed by atoms with Gasteiger partial charge in [-0.25, -0.2) is 0 Å². The minimum Gasteiger partial charge on any atom is -0.490 e. The normalized spacial score (nSPS) is 13.1. The number of nitrogens with zero attached hydrogens (tertiary/aromatic N) is 2. The Labute approximate surface area is 304 Å². The fourth-order valence-corrected chi connectivity index (χ4v) is 6.55. The second-order valence-corrected chi connectivity index (χ2v) is 13.5. The highest BCUT2D eigenvalue weighted by atomic mass is 35.5. The summed E-state index contributed by atoms with van der Waals surface area (Å²) in [5.74, 6) is 1.57. The van der Waals surface area contributed by atoms with Crippen molar-refractivity contribution >= 4 is 29.1 Å². The number of hydrogen-bond acceptors (Lipinski definition) is 7. The third-order valence-electron chi connectivity index (χ3n) is 8.50. The van der Waals surface area contributed by atoms with Crippen LogP contribution in [0.15, 0.2) is 79.1 Å². The summed E-state index contributed by atoms with van der Waals surface area (Å²) < 4.78 is 24.1. The van der Waals surface area contributed by atoms with Gasteiger partial charge in [-0.05, 0) is 104 Å². The molecule has 3 N–H and O–H groups in total. The minimum atomic E-state index is -0.358. The number of nitrogens with two attached hydrogens (primary N) is 1. The second-order valence-electron chi connectivity index (χ2n) is 12.7. The molecule has 1 fully saturated rings. The quantitative estimate of drug-likeness (QED) is 0.0627. The Morgan fingerprint density at radius 2 is 1.64 bits per heavy atom. The lowest BCUT2D eigenvalue weighted by Crippen LogP contribution is -2.41. The zero-order valence-corrected chi connectivity index (χ0v) is 30.2. The van der Waals surface area contributed by atoms with Gasteiger partial charge in [0.1, 0.15) is 31.3 Å². The van der Waals surface area contributed by atoms with Gasteiger partial charge in [0.2, 0.25) is 18.3 Å². The van der Waals surface area contributed by atoms with Gasteiger partial charge < -0.3 is 29.6 Å². The van der Waals surface area contributed by atoms with Crippen LogP contribution in [-0.4, -0.2) is 55.5 Å². The molecule has 5 rings (SSSR count). The summed E-state index contributed by atoms with van der Waals surface area (Å²) in [6.07, 6.45) is 7.35. The molecular formula is C39H46Cl2N3O6+. The minimum absolute atomic E-state index is 0.0601. The first kappa shape index (κ1) is 37.2. The third-order valence-corrected chi connectivity index (χ3v) is 9.06. The maximum Gasteiger partial charge on any atom is 0.228 e. The van der Waals surface area contributed by atoms with Crippen molar-refractivity contribution in [2.45, 2.75) is 58.2 Å². The number of halogens is 2. The van der Waals surface area contributed by atoms with Crippen LogP contribution in [0, 0.1) is 12.8 Å². The van der Waals surface area contributed by atoms with Gasteiger partial charge in [0, 0.05) is 43.6 Å². The number of aromatic nitrogens is 1. The Hall–Kier alpha value is -4.02. The molecule has 1 saturated carbocycles. The molecule has 1 amide bonds. The average molecular weight is 724 g/mol. The predicted molar refractivity (Wildman–Crippen MR) is 193 cm³/mol. The fraction of sp³-hybridized carbons (Fsp3) is 0.385. The molecule has 0 bridgehead atoms. The van der Waals surface area contributed by atoms with E-state index in [9.17, 15) is 10.0 Å². The van der Waals surface area contributed by atoms with Gasteiger partial charge in [-0.3, -0.25) is 10.0 Å². The van der Waals surface area contributed by atoms with E-state index in [1.165, 1.54) is 0 Å². The van der Waals surface area contributed by atoms with E-state index in [2.05, 4.69) is 6.07 Å². The molecule has 1 aromatic heterocycles. The van der Waals surface area contributed by atoms with E-state index in [0.717, 1.165) is 64.0 Å². The van der Waals surface area contributed by atoms with Crippen molar-refractivity contribution in [2.75, 3.05) is 33.5 Å². The van der Waals surface area contributed by atoms with Crippen LogP contribution in [0.4, 0.5) is 0 Å². The van der Waals surface area contributed by atoms with Crippen LogP contribution < -0.4 is 24.7 Å². The summed E-state index contributed by atoms with van der Waals surface area (Å²) in [7, 11) is 1.70. The number of amides is 1. The van der Waals surface area contributed by atoms with Gasteiger partial charge in [-0.1, -0.05) is 41.4 Å². The van der Waals surface area contributed by atoms with Crippen molar-refractivity contribution in [3.63, 3.8) is 0 Å². The standard InChI is InChI=1S/C39H46Cl2N3O6/c1-27-17-36(40)38(37(41)18-27)49-16-15-48-34-11-7-28(8-12-34)20-32(23-42)39(45)44(33-9-10-33)25-31-19-29(6-4-14-47-2)21-35(22-31)50-26-30-5-3-13-43(46)24-30/h3,5,7-8,11-13,17-19,21-22,24,32-33,46H,4,6,9-10,14-16,20,23,25-26,42H2,1-2H3/q+1. The van der Waals surface area contributed by atoms with E-state index in [1.807, 2.05) is 54.3 Å². The first-order valence-corrected chi connectivity index (χ1v) is 17.7. The molecule has 1 aliphatic rings. The summed E-state index contributed by atoms with van der Waals surface area (Å²) >= 11 is 12.5. The van der Waals surface area contributed by atoms with E-state index in [1.54, 1.807) is 37.7 Å². The second kappa shape index (κ2) is 18.3. The van der Waals surface area contributed by atoms with Gasteiger partial charge >= 0.3 is 0 Å². The summed E-state index contributed by atoms with van der Waals surface area (Å²) in [4.78, 5) is 16.0. The van der Waals surface area contributed by atoms with Crippen molar-refractivity contribution in [2.24, 2.45) is 11.7 Å². The molecule has 1 unspecified atom stereocenters. The number of pyridine rings is 1. The Morgan fingerprint density at radius 1 is 0.920 bits per heavy atom. The van der Waals surface area contributed by atoms with Crippen molar-refractivity contribution in [3.05, 3.63) is 117 Å². The van der Waals surface area contributed by atoms with E-state index < -0.39 is 0 Å². The Kier molecular flexibility index (Phi) is 13.6. The highest BCUT2D eigenvalue weighted by molar-refractivity contribution is 6.37. The smallest absolute Gasteiger partial charge is 0.228 e. The number of methoxy groups -OCH3 is 1. The Balaban J connectivity index is 1.20. The molecule has 1 aliphatic carbocycles. The van der Waals surface area contributed by atoms with Crippen LogP contribution in [0.25, 0.3) is 0 Å². The molecule has 11 heteroatoms. The average Bonchev–Trinajstić information content (AvgIpc) is 3.94. The monoisotopic (exact) mass is 722 g/mol. The maximum atomic E-state index is 14.0. The van der Waals surface area contributed by atoms with Gasteiger partial charge in [0.15, 0.2) is 5.75 Å².